The highest BCUT2D eigenvalue weighted by atomic mass is 35.5. The minimum Gasteiger partial charge on any atom is -0.450 e. The number of hydrogen-bond acceptors (Lipinski definition) is 6. The topological polar surface area (TPSA) is 90.7 Å². The lowest BCUT2D eigenvalue weighted by molar-refractivity contribution is -0.116. The number of allylic oxidation sites excluding steroid dienone is 3. The first-order valence-corrected chi connectivity index (χ1v) is 7.63. The third kappa shape index (κ3) is 3.19. The Morgan fingerprint density at radius 1 is 1.17 bits per heavy atom. The molecule has 1 aliphatic heterocycles. The van der Waals surface area contributed by atoms with Gasteiger partial charge in [0.15, 0.2) is 0 Å². The first-order valence-electron chi connectivity index (χ1n) is 6.88. The molecule has 122 valence electrons. The number of ether oxygens (including phenoxy) is 1. The van der Waals surface area contributed by atoms with Crippen LogP contribution >= 0.6 is 23.2 Å². The summed E-state index contributed by atoms with van der Waals surface area (Å²) >= 11 is 11.5. The predicted octanol–water partition coefficient (Wildman–Crippen LogP) is 1.38. The van der Waals surface area contributed by atoms with Crippen LogP contribution in [-0.2, 0) is 14.3 Å². The van der Waals surface area contributed by atoms with Crippen molar-refractivity contribution in [3.05, 3.63) is 21.3 Å². The first kappa shape index (κ1) is 17.3. The molecule has 2 rings (SSSR count). The average molecular weight is 358 g/mol. The normalized spacial score (nSPS) is 19.2. The van der Waals surface area contributed by atoms with Crippen molar-refractivity contribution in [2.45, 2.75) is 6.92 Å². The summed E-state index contributed by atoms with van der Waals surface area (Å²) in [6, 6.07) is 1.72. The van der Waals surface area contributed by atoms with Crippen molar-refractivity contribution in [1.29, 1.82) is 5.26 Å². The second-order valence-corrected chi connectivity index (χ2v) is 5.55. The summed E-state index contributed by atoms with van der Waals surface area (Å²) in [5, 5.41) is 8.35. The Morgan fingerprint density at radius 2 is 1.74 bits per heavy atom. The average Bonchev–Trinajstić information content (AvgIpc) is 2.56. The standard InChI is InChI=1S/C14H13Cl2N3O4/c1-2-23-14(22)19-5-3-18(4-6-19)11-8(7-17)12(20)9(15)10(16)13(11)21/h2-6H2,1H3. The van der Waals surface area contributed by atoms with E-state index in [0.717, 1.165) is 0 Å². The van der Waals surface area contributed by atoms with E-state index in [4.69, 9.17) is 27.9 Å². The van der Waals surface area contributed by atoms with E-state index < -0.39 is 27.7 Å². The quantitative estimate of drug-likeness (QED) is 0.693. The lowest BCUT2D eigenvalue weighted by Gasteiger charge is -2.37. The van der Waals surface area contributed by atoms with Crippen molar-refractivity contribution in [3.8, 4) is 6.07 Å². The van der Waals surface area contributed by atoms with Gasteiger partial charge in [0, 0.05) is 26.2 Å². The van der Waals surface area contributed by atoms with Crippen LogP contribution in [0.15, 0.2) is 21.3 Å². The number of halogens is 2. The Bertz CT molecular complexity index is 670. The zero-order chi connectivity index (χ0) is 17.1. The van der Waals surface area contributed by atoms with Gasteiger partial charge >= 0.3 is 6.09 Å². The van der Waals surface area contributed by atoms with E-state index in [1.54, 1.807) is 17.9 Å². The molecule has 1 amide bonds. The maximum atomic E-state index is 12.3. The van der Waals surface area contributed by atoms with Crippen LogP contribution in [0.3, 0.4) is 0 Å². The molecule has 1 heterocycles. The van der Waals surface area contributed by atoms with Gasteiger partial charge in [-0.15, -0.1) is 0 Å². The smallest absolute Gasteiger partial charge is 0.409 e. The largest absolute Gasteiger partial charge is 0.450 e. The number of hydrogen-bond donors (Lipinski definition) is 0. The molecule has 0 aromatic carbocycles. The Morgan fingerprint density at radius 3 is 2.26 bits per heavy atom. The number of amides is 1. The fourth-order valence-corrected chi connectivity index (χ4v) is 2.72. The Labute approximate surface area is 142 Å². The van der Waals surface area contributed by atoms with Crippen molar-refractivity contribution in [2.75, 3.05) is 32.8 Å². The highest BCUT2D eigenvalue weighted by molar-refractivity contribution is 6.59. The summed E-state index contributed by atoms with van der Waals surface area (Å²) in [6.45, 7) is 3.15. The van der Waals surface area contributed by atoms with Crippen LogP contribution in [0.5, 0.6) is 0 Å². The molecular weight excluding hydrogens is 345 g/mol. The van der Waals surface area contributed by atoms with Crippen molar-refractivity contribution in [3.63, 3.8) is 0 Å². The monoisotopic (exact) mass is 357 g/mol. The van der Waals surface area contributed by atoms with Crippen LogP contribution in [0, 0.1) is 11.3 Å². The minimum atomic E-state index is -0.762. The number of carbonyl (C=O) groups is 3. The molecule has 1 fully saturated rings. The SMILES string of the molecule is CCOC(=O)N1CCN(C2=C(C#N)C(=O)C(Cl)=C(Cl)C2=O)CC1. The van der Waals surface area contributed by atoms with Gasteiger partial charge in [0.1, 0.15) is 27.4 Å². The van der Waals surface area contributed by atoms with Gasteiger partial charge in [0.2, 0.25) is 11.6 Å². The van der Waals surface area contributed by atoms with Crippen LogP contribution in [0.1, 0.15) is 6.92 Å². The Kier molecular flexibility index (Phi) is 5.29. The van der Waals surface area contributed by atoms with Gasteiger partial charge in [-0.2, -0.15) is 5.26 Å². The molecule has 7 nitrogen and oxygen atoms in total. The number of carbonyl (C=O) groups excluding carboxylic acids is 3. The lowest BCUT2D eigenvalue weighted by atomic mass is 9.99. The molecule has 1 aliphatic carbocycles. The highest BCUT2D eigenvalue weighted by Gasteiger charge is 2.37. The molecule has 0 aromatic rings. The van der Waals surface area contributed by atoms with Gasteiger partial charge in [0.05, 0.1) is 6.61 Å². The maximum Gasteiger partial charge on any atom is 0.409 e. The molecule has 1 saturated heterocycles. The van der Waals surface area contributed by atoms with E-state index in [1.165, 1.54) is 4.90 Å². The molecule has 0 saturated carbocycles. The number of piperazine rings is 1. The van der Waals surface area contributed by atoms with E-state index in [0.29, 0.717) is 13.1 Å². The third-order valence-electron chi connectivity index (χ3n) is 3.50. The molecule has 0 unspecified atom stereocenters. The van der Waals surface area contributed by atoms with E-state index in [1.807, 2.05) is 0 Å². The highest BCUT2D eigenvalue weighted by Crippen LogP contribution is 2.31. The summed E-state index contributed by atoms with van der Waals surface area (Å²) in [5.41, 5.74) is -0.385. The molecule has 23 heavy (non-hydrogen) atoms. The van der Waals surface area contributed by atoms with Gasteiger partial charge in [-0.1, -0.05) is 23.2 Å². The van der Waals surface area contributed by atoms with Crippen LogP contribution in [-0.4, -0.2) is 60.2 Å². The number of nitrogens with zero attached hydrogens (tertiary/aromatic N) is 3. The second-order valence-electron chi connectivity index (χ2n) is 4.79. The number of nitriles is 1. The van der Waals surface area contributed by atoms with Crippen LogP contribution < -0.4 is 0 Å². The zero-order valence-corrected chi connectivity index (χ0v) is 13.8. The fourth-order valence-electron chi connectivity index (χ4n) is 2.37. The van der Waals surface area contributed by atoms with Gasteiger partial charge in [-0.3, -0.25) is 9.59 Å². The van der Waals surface area contributed by atoms with Gasteiger partial charge < -0.3 is 14.5 Å². The van der Waals surface area contributed by atoms with Gasteiger partial charge in [-0.05, 0) is 6.92 Å². The Balaban J connectivity index is 2.21. The molecule has 0 bridgehead atoms. The summed E-state index contributed by atoms with van der Waals surface area (Å²) < 4.78 is 4.91. The molecule has 0 radical (unpaired) electrons. The van der Waals surface area contributed by atoms with Crippen LogP contribution in [0.4, 0.5) is 4.79 Å². The van der Waals surface area contributed by atoms with Gasteiger partial charge in [-0.25, -0.2) is 4.79 Å². The van der Waals surface area contributed by atoms with Crippen LogP contribution in [0.25, 0.3) is 0 Å². The zero-order valence-electron chi connectivity index (χ0n) is 12.3. The molecular formula is C14H13Cl2N3O4. The number of ketones is 2. The molecule has 2 aliphatic rings. The second kappa shape index (κ2) is 7.02. The van der Waals surface area contributed by atoms with Crippen molar-refractivity contribution < 1.29 is 19.1 Å². The van der Waals surface area contributed by atoms with Crippen LogP contribution in [0.2, 0.25) is 0 Å². The summed E-state index contributed by atoms with van der Waals surface area (Å²) in [5.74, 6) is -1.42. The van der Waals surface area contributed by atoms with E-state index in [-0.39, 0.29) is 31.0 Å². The third-order valence-corrected chi connectivity index (χ3v) is 4.32. The van der Waals surface area contributed by atoms with Gasteiger partial charge in [0.25, 0.3) is 0 Å². The van der Waals surface area contributed by atoms with Crippen molar-refractivity contribution in [1.82, 2.24) is 9.80 Å². The minimum absolute atomic E-state index is 0.0598. The van der Waals surface area contributed by atoms with E-state index in [2.05, 4.69) is 0 Å². The van der Waals surface area contributed by atoms with E-state index in [9.17, 15) is 19.6 Å². The lowest BCUT2D eigenvalue weighted by Crippen LogP contribution is -2.50. The van der Waals surface area contributed by atoms with E-state index >= 15 is 0 Å². The molecule has 9 heteroatoms. The molecule has 0 spiro atoms. The number of Topliss-reactive ketones (excluding diaryl/α,β-unsaturated/α-hetero) is 2. The number of rotatable bonds is 2. The summed E-state index contributed by atoms with van der Waals surface area (Å²) in [7, 11) is 0. The summed E-state index contributed by atoms with van der Waals surface area (Å²) in [6.07, 6.45) is -0.436. The summed E-state index contributed by atoms with van der Waals surface area (Å²) in [4.78, 5) is 39.0. The first-order chi connectivity index (χ1) is 10.9. The fraction of sp³-hybridized carbons (Fsp3) is 0.429. The Hall–Kier alpha value is -2.04. The van der Waals surface area contributed by atoms with Crippen molar-refractivity contribution in [2.24, 2.45) is 0 Å². The van der Waals surface area contributed by atoms with Crippen molar-refractivity contribution >= 4 is 40.9 Å². The predicted molar refractivity (Wildman–Crippen MR) is 81.6 cm³/mol. The molecule has 0 aromatic heterocycles. The molecule has 0 N–H and O–H groups in total. The maximum absolute atomic E-state index is 12.3. The molecule has 0 atom stereocenters.